The number of carbonyl (C=O) groups excluding carboxylic acids is 3. The Hall–Kier alpha value is -4.40. The maximum absolute atomic E-state index is 14.0. The molecule has 10 nitrogen and oxygen atoms in total. The zero-order chi connectivity index (χ0) is 32.2. The first kappa shape index (κ1) is 31.6. The summed E-state index contributed by atoms with van der Waals surface area (Å²) in [7, 11) is 2.13. The molecule has 1 radical (unpaired) electrons. The van der Waals surface area contributed by atoms with E-state index in [1.807, 2.05) is 61.5 Å². The van der Waals surface area contributed by atoms with Gasteiger partial charge in [-0.05, 0) is 0 Å². The molecule has 2 aliphatic heterocycles. The van der Waals surface area contributed by atoms with Crippen LogP contribution in [-0.2, 0) is 19.5 Å². The van der Waals surface area contributed by atoms with Crippen molar-refractivity contribution >= 4 is 48.3 Å². The SMILES string of the molecule is CCc1ccccc1N(CC)C(=O)N1Cc2c([As]C(=O)c3ccc(N4CCN(C)CC4)cc3)nn(C(=O)Oc3ccccc3)c2C1. The summed E-state index contributed by atoms with van der Waals surface area (Å²) in [5, 5.41) is 4.63. The summed E-state index contributed by atoms with van der Waals surface area (Å²) < 4.78 is 7.43. The molecule has 46 heavy (non-hydrogen) atoms. The van der Waals surface area contributed by atoms with Crippen LogP contribution in [0.5, 0.6) is 5.75 Å². The molecule has 0 aliphatic carbocycles. The number of amides is 2. The van der Waals surface area contributed by atoms with Crippen molar-refractivity contribution in [3.63, 3.8) is 0 Å². The Bertz CT molecular complexity index is 1720. The second-order valence-electron chi connectivity index (χ2n) is 11.5. The van der Waals surface area contributed by atoms with Crippen LogP contribution in [0.2, 0.25) is 0 Å². The van der Waals surface area contributed by atoms with Crippen molar-refractivity contribution in [3.8, 4) is 5.75 Å². The molecule has 4 aromatic rings. The molecular weight excluding hydrogens is 643 g/mol. The quantitative estimate of drug-likeness (QED) is 0.255. The summed E-state index contributed by atoms with van der Waals surface area (Å²) in [5.41, 5.74) is 5.02. The molecule has 0 atom stereocenters. The number of nitrogens with zero attached hydrogens (tertiary/aromatic N) is 6. The molecule has 237 valence electrons. The zero-order valence-electron chi connectivity index (χ0n) is 26.4. The number of aryl methyl sites for hydroxylation is 1. The monoisotopic (exact) mass is 681 g/mol. The molecule has 2 aliphatic rings. The first-order valence-electron chi connectivity index (χ1n) is 15.7. The summed E-state index contributed by atoms with van der Waals surface area (Å²) in [5.74, 6) is 0.391. The molecule has 0 N–H and O–H groups in total. The average Bonchev–Trinajstić information content (AvgIpc) is 3.66. The molecule has 1 saturated heterocycles. The molecule has 0 bridgehead atoms. The van der Waals surface area contributed by atoms with Gasteiger partial charge in [0.25, 0.3) is 0 Å². The van der Waals surface area contributed by atoms with Gasteiger partial charge >= 0.3 is 277 Å². The molecule has 2 amide bonds. The van der Waals surface area contributed by atoms with Gasteiger partial charge in [0.05, 0.1) is 0 Å². The van der Waals surface area contributed by atoms with Crippen LogP contribution < -0.4 is 19.0 Å². The molecule has 3 aromatic carbocycles. The molecule has 1 aromatic heterocycles. The molecule has 0 spiro atoms. The molecular formula is C35H38AsN6O4. The van der Waals surface area contributed by atoms with Crippen LogP contribution in [0.3, 0.4) is 0 Å². The number of aromatic nitrogens is 2. The number of rotatable bonds is 8. The number of anilines is 2. The van der Waals surface area contributed by atoms with Crippen LogP contribution in [0.15, 0.2) is 78.9 Å². The molecule has 6 rings (SSSR count). The molecule has 0 saturated carbocycles. The zero-order valence-corrected chi connectivity index (χ0v) is 28.3. The van der Waals surface area contributed by atoms with Gasteiger partial charge in [0.1, 0.15) is 0 Å². The Morgan fingerprint density at radius 3 is 2.26 bits per heavy atom. The van der Waals surface area contributed by atoms with E-state index >= 15 is 0 Å². The van der Waals surface area contributed by atoms with E-state index in [1.54, 1.807) is 34.1 Å². The number of benzene rings is 3. The maximum atomic E-state index is 14.0. The van der Waals surface area contributed by atoms with E-state index in [9.17, 15) is 14.4 Å². The van der Waals surface area contributed by atoms with Gasteiger partial charge < -0.3 is 0 Å². The summed E-state index contributed by atoms with van der Waals surface area (Å²) in [4.78, 5) is 49.1. The van der Waals surface area contributed by atoms with Gasteiger partial charge in [-0.25, -0.2) is 0 Å². The Labute approximate surface area is 276 Å². The average molecular weight is 682 g/mol. The number of ether oxygens (including phenoxy) is 1. The van der Waals surface area contributed by atoms with Crippen molar-refractivity contribution in [2.24, 2.45) is 0 Å². The van der Waals surface area contributed by atoms with Crippen molar-refractivity contribution in [2.75, 3.05) is 49.6 Å². The molecule has 11 heteroatoms. The van der Waals surface area contributed by atoms with Crippen molar-refractivity contribution in [3.05, 3.63) is 101 Å². The first-order valence-corrected chi connectivity index (χ1v) is 17.6. The van der Waals surface area contributed by atoms with Crippen molar-refractivity contribution in [2.45, 2.75) is 33.4 Å². The number of para-hydroxylation sites is 2. The topological polar surface area (TPSA) is 91.2 Å². The van der Waals surface area contributed by atoms with E-state index < -0.39 is 21.8 Å². The summed E-state index contributed by atoms with van der Waals surface area (Å²) in [6.45, 7) is 8.88. The van der Waals surface area contributed by atoms with Gasteiger partial charge in [-0.15, -0.1) is 0 Å². The number of carbonyl (C=O) groups is 3. The third-order valence-electron chi connectivity index (χ3n) is 8.55. The Morgan fingerprint density at radius 2 is 1.57 bits per heavy atom. The number of piperazine rings is 1. The number of hydrogen-bond acceptors (Lipinski definition) is 7. The molecule has 1 fully saturated rings. The summed E-state index contributed by atoms with van der Waals surface area (Å²) >= 11 is -1.09. The second kappa shape index (κ2) is 13.9. The fraction of sp³-hybridized carbons (Fsp3) is 0.314. The predicted molar refractivity (Wildman–Crippen MR) is 179 cm³/mol. The van der Waals surface area contributed by atoms with Gasteiger partial charge in [-0.2, -0.15) is 0 Å². The first-order chi connectivity index (χ1) is 22.4. The predicted octanol–water partition coefficient (Wildman–Crippen LogP) is 4.38. The summed E-state index contributed by atoms with van der Waals surface area (Å²) in [6, 6.07) is 24.3. The minimum absolute atomic E-state index is 0.0121. The van der Waals surface area contributed by atoms with E-state index in [-0.39, 0.29) is 23.7 Å². The Balaban J connectivity index is 1.25. The van der Waals surface area contributed by atoms with Crippen LogP contribution >= 0.6 is 0 Å². The standard InChI is InChI=1S/C35H38AsN6O4/c1-4-25-11-9-10-14-30(25)41(5-2)34(44)40-23-29-31(24-40)42(35(45)46-28-12-7-6-8-13-28)37-32(29)36-33(43)26-15-17-27(18-16-26)39-21-19-38(3)20-22-39/h6-18H,4-5,19-24H2,1-3H3. The van der Waals surface area contributed by atoms with E-state index in [1.165, 1.54) is 4.68 Å². The van der Waals surface area contributed by atoms with Crippen LogP contribution in [0.4, 0.5) is 21.0 Å². The van der Waals surface area contributed by atoms with Gasteiger partial charge in [0.2, 0.25) is 0 Å². The minimum atomic E-state index is -1.09. The van der Waals surface area contributed by atoms with Crippen LogP contribution in [-0.4, -0.2) is 91.8 Å². The number of urea groups is 1. The Morgan fingerprint density at radius 1 is 0.870 bits per heavy atom. The van der Waals surface area contributed by atoms with Gasteiger partial charge in [-0.3, -0.25) is 0 Å². The fourth-order valence-electron chi connectivity index (χ4n) is 5.93. The van der Waals surface area contributed by atoms with E-state index in [4.69, 9.17) is 4.74 Å². The number of hydrogen-bond donors (Lipinski definition) is 0. The fourth-order valence-corrected chi connectivity index (χ4v) is 7.90. The van der Waals surface area contributed by atoms with Gasteiger partial charge in [-0.1, -0.05) is 0 Å². The van der Waals surface area contributed by atoms with Crippen molar-refractivity contribution < 1.29 is 19.1 Å². The van der Waals surface area contributed by atoms with Crippen molar-refractivity contribution in [1.82, 2.24) is 19.6 Å². The molecule has 3 heterocycles. The van der Waals surface area contributed by atoms with Crippen molar-refractivity contribution in [1.29, 1.82) is 0 Å². The number of likely N-dealkylation sites (N-methyl/N-ethyl adjacent to an activating group) is 1. The van der Waals surface area contributed by atoms with E-state index in [2.05, 4.69) is 28.9 Å². The van der Waals surface area contributed by atoms with E-state index in [0.717, 1.165) is 55.1 Å². The summed E-state index contributed by atoms with van der Waals surface area (Å²) in [6.07, 6.45) is 0.129. The van der Waals surface area contributed by atoms with Gasteiger partial charge in [0.15, 0.2) is 0 Å². The van der Waals surface area contributed by atoms with Gasteiger partial charge in [0, 0.05) is 0 Å². The van der Waals surface area contributed by atoms with E-state index in [0.29, 0.717) is 28.0 Å². The third kappa shape index (κ3) is 6.59. The normalized spacial score (nSPS) is 14.9. The molecule has 0 unspecified atom stereocenters. The third-order valence-corrected chi connectivity index (χ3v) is 10.7. The van der Waals surface area contributed by atoms with Crippen LogP contribution in [0, 0.1) is 0 Å². The Kier molecular flexibility index (Phi) is 9.56. The second-order valence-corrected chi connectivity index (χ2v) is 13.7. The van der Waals surface area contributed by atoms with Crippen LogP contribution in [0.1, 0.15) is 41.0 Å². The number of fused-ring (bicyclic) bond motifs is 1. The van der Waals surface area contributed by atoms with Crippen LogP contribution in [0.25, 0.3) is 0 Å².